The number of hydrogen-bond acceptors (Lipinski definition) is 3. The lowest BCUT2D eigenvalue weighted by Crippen LogP contribution is -2.30. The van der Waals surface area contributed by atoms with E-state index in [0.29, 0.717) is 0 Å². The summed E-state index contributed by atoms with van der Waals surface area (Å²) < 4.78 is 0. The van der Waals surface area contributed by atoms with E-state index >= 15 is 0 Å². The summed E-state index contributed by atoms with van der Waals surface area (Å²) in [5.41, 5.74) is 2.01. The first-order valence-electron chi connectivity index (χ1n) is 3.68. The summed E-state index contributed by atoms with van der Waals surface area (Å²) in [6, 6.07) is 3.08. The fourth-order valence-corrected chi connectivity index (χ4v) is 1.03. The fraction of sp³-hybridized carbons (Fsp3) is 0.250. The van der Waals surface area contributed by atoms with E-state index in [-0.39, 0.29) is 11.2 Å². The third-order valence-electron chi connectivity index (χ3n) is 1.92. The highest BCUT2D eigenvalue weighted by Gasteiger charge is 2.16. The SMILES string of the molecule is Cc1cc(O)c(B(O)O)cc1C. The predicted molar refractivity (Wildman–Crippen MR) is 47.4 cm³/mol. The van der Waals surface area contributed by atoms with Crippen LogP contribution in [0.2, 0.25) is 0 Å². The van der Waals surface area contributed by atoms with Gasteiger partial charge in [-0.25, -0.2) is 0 Å². The second-order valence-electron chi connectivity index (χ2n) is 2.87. The maximum absolute atomic E-state index is 9.27. The van der Waals surface area contributed by atoms with Gasteiger partial charge in [0.1, 0.15) is 5.75 Å². The van der Waals surface area contributed by atoms with Crippen LogP contribution >= 0.6 is 0 Å². The number of benzene rings is 1. The van der Waals surface area contributed by atoms with E-state index in [1.54, 1.807) is 6.07 Å². The lowest BCUT2D eigenvalue weighted by molar-refractivity contribution is 0.419. The molecule has 0 atom stereocenters. The smallest absolute Gasteiger partial charge is 0.492 e. The minimum absolute atomic E-state index is 0.0758. The summed E-state index contributed by atoms with van der Waals surface area (Å²) in [4.78, 5) is 0. The maximum Gasteiger partial charge on any atom is 0.492 e. The first kappa shape index (κ1) is 9.10. The van der Waals surface area contributed by atoms with Crippen LogP contribution in [-0.2, 0) is 0 Å². The van der Waals surface area contributed by atoms with E-state index in [0.717, 1.165) is 11.1 Å². The van der Waals surface area contributed by atoms with Gasteiger partial charge in [-0.05, 0) is 31.0 Å². The summed E-state index contributed by atoms with van der Waals surface area (Å²) in [5.74, 6) is -0.0758. The molecule has 1 aromatic rings. The molecule has 0 bridgehead atoms. The third-order valence-corrected chi connectivity index (χ3v) is 1.92. The Kier molecular flexibility index (Phi) is 2.40. The van der Waals surface area contributed by atoms with E-state index in [2.05, 4.69) is 0 Å². The highest BCUT2D eigenvalue weighted by Crippen LogP contribution is 2.12. The monoisotopic (exact) mass is 166 g/mol. The van der Waals surface area contributed by atoms with Crippen LogP contribution in [0.1, 0.15) is 11.1 Å². The van der Waals surface area contributed by atoms with Crippen LogP contribution < -0.4 is 5.46 Å². The molecule has 12 heavy (non-hydrogen) atoms. The summed E-state index contributed by atoms with van der Waals surface area (Å²) in [7, 11) is -1.61. The predicted octanol–water partition coefficient (Wildman–Crippen LogP) is -0.311. The van der Waals surface area contributed by atoms with Crippen molar-refractivity contribution in [3.8, 4) is 5.75 Å². The highest BCUT2D eigenvalue weighted by atomic mass is 16.4. The Morgan fingerprint density at radius 3 is 2.08 bits per heavy atom. The number of phenols is 1. The van der Waals surface area contributed by atoms with Gasteiger partial charge in [-0.1, -0.05) is 6.07 Å². The Hall–Kier alpha value is -0.995. The van der Waals surface area contributed by atoms with Crippen molar-refractivity contribution in [3.63, 3.8) is 0 Å². The summed E-state index contributed by atoms with van der Waals surface area (Å²) in [5, 5.41) is 26.9. The van der Waals surface area contributed by atoms with Gasteiger partial charge in [0.2, 0.25) is 0 Å². The second-order valence-corrected chi connectivity index (χ2v) is 2.87. The van der Waals surface area contributed by atoms with Crippen molar-refractivity contribution in [2.75, 3.05) is 0 Å². The summed E-state index contributed by atoms with van der Waals surface area (Å²) in [6.07, 6.45) is 0. The van der Waals surface area contributed by atoms with Crippen LogP contribution in [0.5, 0.6) is 5.75 Å². The topological polar surface area (TPSA) is 60.7 Å². The molecule has 64 valence electrons. The molecule has 0 aliphatic rings. The van der Waals surface area contributed by atoms with Gasteiger partial charge in [0.05, 0.1) is 0 Å². The van der Waals surface area contributed by atoms with Crippen LogP contribution in [0.3, 0.4) is 0 Å². The van der Waals surface area contributed by atoms with E-state index in [9.17, 15) is 5.11 Å². The largest absolute Gasteiger partial charge is 0.508 e. The molecule has 3 nitrogen and oxygen atoms in total. The molecule has 3 N–H and O–H groups in total. The maximum atomic E-state index is 9.27. The molecule has 0 unspecified atom stereocenters. The summed E-state index contributed by atoms with van der Waals surface area (Å²) >= 11 is 0. The molecule has 0 saturated heterocycles. The quantitative estimate of drug-likeness (QED) is 0.501. The van der Waals surface area contributed by atoms with Crippen LogP contribution in [0, 0.1) is 13.8 Å². The van der Waals surface area contributed by atoms with Gasteiger partial charge in [-0.3, -0.25) is 0 Å². The first-order chi connectivity index (χ1) is 5.52. The molecule has 0 radical (unpaired) electrons. The number of hydrogen-bond donors (Lipinski definition) is 3. The van der Waals surface area contributed by atoms with Crippen LogP contribution in [0.25, 0.3) is 0 Å². The van der Waals surface area contributed by atoms with Gasteiger partial charge in [0, 0.05) is 5.46 Å². The molecule has 0 saturated carbocycles. The molecule has 0 spiro atoms. The first-order valence-corrected chi connectivity index (χ1v) is 3.68. The molecule has 0 aliphatic carbocycles. The third kappa shape index (κ3) is 1.60. The molecule has 0 aliphatic heterocycles. The molecule has 0 heterocycles. The molecule has 0 amide bonds. The lowest BCUT2D eigenvalue weighted by Gasteiger charge is -2.06. The van der Waals surface area contributed by atoms with Crippen molar-refractivity contribution in [3.05, 3.63) is 23.3 Å². The molecule has 1 aromatic carbocycles. The highest BCUT2D eigenvalue weighted by molar-refractivity contribution is 6.59. The molecule has 4 heteroatoms. The van der Waals surface area contributed by atoms with Gasteiger partial charge in [0.15, 0.2) is 0 Å². The minimum Gasteiger partial charge on any atom is -0.508 e. The van der Waals surface area contributed by atoms with Crippen molar-refractivity contribution < 1.29 is 15.2 Å². The van der Waals surface area contributed by atoms with Gasteiger partial charge < -0.3 is 15.2 Å². The molecular formula is C8H11BO3. The van der Waals surface area contributed by atoms with Gasteiger partial charge >= 0.3 is 7.12 Å². The number of aryl methyl sites for hydroxylation is 2. The van der Waals surface area contributed by atoms with Crippen molar-refractivity contribution >= 4 is 12.6 Å². The molecule has 0 fully saturated rings. The molecule has 0 aromatic heterocycles. The van der Waals surface area contributed by atoms with Gasteiger partial charge in [-0.15, -0.1) is 0 Å². The Balaban J connectivity index is 3.23. The van der Waals surface area contributed by atoms with E-state index in [1.165, 1.54) is 6.07 Å². The normalized spacial score (nSPS) is 10.0. The second kappa shape index (κ2) is 3.17. The van der Waals surface area contributed by atoms with Crippen LogP contribution in [0.4, 0.5) is 0 Å². The molecule has 1 rings (SSSR count). The van der Waals surface area contributed by atoms with E-state index in [4.69, 9.17) is 10.0 Å². The fourth-order valence-electron chi connectivity index (χ4n) is 1.03. The average molecular weight is 166 g/mol. The Labute approximate surface area is 71.4 Å². The zero-order chi connectivity index (χ0) is 9.30. The van der Waals surface area contributed by atoms with E-state index in [1.807, 2.05) is 13.8 Å². The lowest BCUT2D eigenvalue weighted by atomic mass is 9.78. The zero-order valence-corrected chi connectivity index (χ0v) is 7.07. The number of rotatable bonds is 1. The molecular weight excluding hydrogens is 155 g/mol. The van der Waals surface area contributed by atoms with Crippen molar-refractivity contribution in [1.82, 2.24) is 0 Å². The summed E-state index contributed by atoms with van der Waals surface area (Å²) in [6.45, 7) is 3.70. The Morgan fingerprint density at radius 2 is 1.58 bits per heavy atom. The van der Waals surface area contributed by atoms with Crippen molar-refractivity contribution in [2.45, 2.75) is 13.8 Å². The van der Waals surface area contributed by atoms with E-state index < -0.39 is 7.12 Å². The average Bonchev–Trinajstić information content (AvgIpc) is 1.96. The zero-order valence-electron chi connectivity index (χ0n) is 7.07. The van der Waals surface area contributed by atoms with Gasteiger partial charge in [0.25, 0.3) is 0 Å². The van der Waals surface area contributed by atoms with Crippen LogP contribution in [0.15, 0.2) is 12.1 Å². The Morgan fingerprint density at radius 1 is 1.08 bits per heavy atom. The Bertz CT molecular complexity index is 297. The number of aromatic hydroxyl groups is 1. The standard InChI is InChI=1S/C8H11BO3/c1-5-3-7(9(11)12)8(10)4-6(5)2/h3-4,10-12H,1-2H3. The van der Waals surface area contributed by atoms with Crippen molar-refractivity contribution in [2.24, 2.45) is 0 Å². The van der Waals surface area contributed by atoms with Gasteiger partial charge in [-0.2, -0.15) is 0 Å². The van der Waals surface area contributed by atoms with Crippen LogP contribution in [-0.4, -0.2) is 22.3 Å². The van der Waals surface area contributed by atoms with Crippen molar-refractivity contribution in [1.29, 1.82) is 0 Å². The minimum atomic E-state index is -1.61. The number of phenolic OH excluding ortho intramolecular Hbond substituents is 1.